The van der Waals surface area contributed by atoms with E-state index < -0.39 is 0 Å². The van der Waals surface area contributed by atoms with E-state index in [1.54, 1.807) is 6.20 Å². The molecule has 0 amide bonds. The highest BCUT2D eigenvalue weighted by Crippen LogP contribution is 2.10. The maximum Gasteiger partial charge on any atom is 0.0510 e. The smallest absolute Gasteiger partial charge is 0.0510 e. The second-order valence-electron chi connectivity index (χ2n) is 3.12. The highest BCUT2D eigenvalue weighted by atomic mass is 15.3. The highest BCUT2D eigenvalue weighted by molar-refractivity contribution is 4.90. The van der Waals surface area contributed by atoms with E-state index in [0.29, 0.717) is 12.1 Å². The van der Waals surface area contributed by atoms with E-state index in [4.69, 9.17) is 0 Å². The second kappa shape index (κ2) is 3.06. The number of likely N-dealkylation sites (tertiary alicyclic amines) is 1. The van der Waals surface area contributed by atoms with E-state index >= 15 is 0 Å². The maximum absolute atomic E-state index is 3.62. The van der Waals surface area contributed by atoms with Crippen LogP contribution < -0.4 is 5.32 Å². The molecule has 1 saturated heterocycles. The third-order valence-electron chi connectivity index (χ3n) is 1.99. The summed E-state index contributed by atoms with van der Waals surface area (Å²) in [5.41, 5.74) is 0. The van der Waals surface area contributed by atoms with Gasteiger partial charge in [-0.25, -0.2) is 0 Å². The van der Waals surface area contributed by atoms with E-state index in [9.17, 15) is 0 Å². The van der Waals surface area contributed by atoms with Crippen molar-refractivity contribution in [3.63, 3.8) is 0 Å². The van der Waals surface area contributed by atoms with E-state index in [1.807, 2.05) is 0 Å². The lowest BCUT2D eigenvalue weighted by molar-refractivity contribution is 0.0996. The molecule has 0 aliphatic carbocycles. The van der Waals surface area contributed by atoms with Crippen molar-refractivity contribution in [1.29, 1.82) is 0 Å². The van der Waals surface area contributed by atoms with Crippen molar-refractivity contribution in [1.82, 2.24) is 10.2 Å². The lowest BCUT2D eigenvalue weighted by Gasteiger charge is -2.42. The van der Waals surface area contributed by atoms with Crippen LogP contribution in [0, 0.1) is 0 Å². The molecule has 2 heteroatoms. The van der Waals surface area contributed by atoms with Gasteiger partial charge in [-0.15, -0.1) is 0 Å². The molecule has 1 rings (SSSR count). The first kappa shape index (κ1) is 7.61. The van der Waals surface area contributed by atoms with Crippen molar-refractivity contribution in [3.05, 3.63) is 12.8 Å². The fraction of sp³-hybridized carbons (Fsp3) is 0.750. The van der Waals surface area contributed by atoms with E-state index in [-0.39, 0.29) is 0 Å². The lowest BCUT2D eigenvalue weighted by atomic mass is 10.1. The Labute approximate surface area is 62.9 Å². The van der Waals surface area contributed by atoms with Gasteiger partial charge in [-0.3, -0.25) is 4.90 Å². The van der Waals surface area contributed by atoms with Gasteiger partial charge in [-0.2, -0.15) is 0 Å². The molecule has 0 saturated carbocycles. The molecule has 1 heterocycles. The van der Waals surface area contributed by atoms with Crippen molar-refractivity contribution in [2.75, 3.05) is 13.1 Å². The van der Waals surface area contributed by atoms with Crippen LogP contribution in [0.4, 0.5) is 0 Å². The topological polar surface area (TPSA) is 15.3 Å². The predicted octanol–water partition coefficient (Wildman–Crippen LogP) is 0.812. The molecule has 58 valence electrons. The molecule has 0 aromatic heterocycles. The summed E-state index contributed by atoms with van der Waals surface area (Å²) in [5, 5.41) is 3.19. The Hall–Kier alpha value is -0.500. The van der Waals surface area contributed by atoms with Crippen molar-refractivity contribution < 1.29 is 0 Å². The molecule has 1 aliphatic heterocycles. The van der Waals surface area contributed by atoms with Crippen LogP contribution in [-0.4, -0.2) is 30.1 Å². The van der Waals surface area contributed by atoms with Gasteiger partial charge in [-0.1, -0.05) is 6.58 Å². The molecular formula is C8H16N2. The molecule has 10 heavy (non-hydrogen) atoms. The molecular weight excluding hydrogens is 124 g/mol. The second-order valence-corrected chi connectivity index (χ2v) is 3.12. The summed E-state index contributed by atoms with van der Waals surface area (Å²) >= 11 is 0. The van der Waals surface area contributed by atoms with Gasteiger partial charge in [0.25, 0.3) is 0 Å². The number of rotatable bonds is 3. The van der Waals surface area contributed by atoms with Gasteiger partial charge < -0.3 is 5.32 Å². The Kier molecular flexibility index (Phi) is 2.33. The first-order chi connectivity index (χ1) is 4.74. The minimum atomic E-state index is 0.653. The molecule has 0 aromatic rings. The van der Waals surface area contributed by atoms with Gasteiger partial charge in [0.05, 0.1) is 6.04 Å². The van der Waals surface area contributed by atoms with Gasteiger partial charge in [-0.05, 0) is 20.0 Å². The summed E-state index contributed by atoms with van der Waals surface area (Å²) in [7, 11) is 0. The van der Waals surface area contributed by atoms with Crippen LogP contribution in [0.5, 0.6) is 0 Å². The molecule has 0 bridgehead atoms. The normalized spacial score (nSPS) is 20.7. The monoisotopic (exact) mass is 140 g/mol. The largest absolute Gasteiger partial charge is 0.386 e. The fourth-order valence-electron chi connectivity index (χ4n) is 1.21. The third kappa shape index (κ3) is 1.51. The predicted molar refractivity (Wildman–Crippen MR) is 43.8 cm³/mol. The number of nitrogens with zero attached hydrogens (tertiary/aromatic N) is 1. The molecule has 1 fully saturated rings. The minimum absolute atomic E-state index is 0.653. The Morgan fingerprint density at radius 2 is 2.20 bits per heavy atom. The fourth-order valence-corrected chi connectivity index (χ4v) is 1.21. The molecule has 0 aromatic carbocycles. The van der Waals surface area contributed by atoms with Crippen molar-refractivity contribution in [2.45, 2.75) is 25.9 Å². The molecule has 0 radical (unpaired) electrons. The number of nitrogens with one attached hydrogen (secondary N) is 1. The van der Waals surface area contributed by atoms with E-state index in [2.05, 4.69) is 30.6 Å². The van der Waals surface area contributed by atoms with Crippen LogP contribution in [0.2, 0.25) is 0 Å². The van der Waals surface area contributed by atoms with Gasteiger partial charge in [0.2, 0.25) is 0 Å². The van der Waals surface area contributed by atoms with Crippen LogP contribution in [0.25, 0.3) is 0 Å². The molecule has 1 N–H and O–H groups in total. The molecule has 0 atom stereocenters. The van der Waals surface area contributed by atoms with Gasteiger partial charge >= 0.3 is 0 Å². The van der Waals surface area contributed by atoms with Crippen molar-refractivity contribution in [3.8, 4) is 0 Å². The zero-order valence-corrected chi connectivity index (χ0v) is 6.80. The first-order valence-corrected chi connectivity index (χ1v) is 3.85. The van der Waals surface area contributed by atoms with Crippen LogP contribution >= 0.6 is 0 Å². The summed E-state index contributed by atoms with van der Waals surface area (Å²) in [5.74, 6) is 0. The Balaban J connectivity index is 2.11. The van der Waals surface area contributed by atoms with Gasteiger partial charge in [0, 0.05) is 19.1 Å². The number of hydrogen-bond acceptors (Lipinski definition) is 2. The SMILES string of the molecule is C=CNC1CN(C(C)C)C1. The van der Waals surface area contributed by atoms with Crippen molar-refractivity contribution >= 4 is 0 Å². The number of hydrogen-bond donors (Lipinski definition) is 1. The van der Waals surface area contributed by atoms with Crippen LogP contribution in [0.3, 0.4) is 0 Å². The van der Waals surface area contributed by atoms with Crippen LogP contribution in [0.1, 0.15) is 13.8 Å². The molecule has 2 nitrogen and oxygen atoms in total. The average Bonchev–Trinajstić information content (AvgIpc) is 1.76. The lowest BCUT2D eigenvalue weighted by Crippen LogP contribution is -2.58. The summed E-state index contributed by atoms with van der Waals surface area (Å²) < 4.78 is 0. The van der Waals surface area contributed by atoms with E-state index in [1.165, 1.54) is 13.1 Å². The van der Waals surface area contributed by atoms with E-state index in [0.717, 1.165) is 0 Å². The summed E-state index contributed by atoms with van der Waals surface area (Å²) in [6.45, 7) is 10.4. The Morgan fingerprint density at radius 3 is 2.60 bits per heavy atom. The Morgan fingerprint density at radius 1 is 1.60 bits per heavy atom. The van der Waals surface area contributed by atoms with Gasteiger partial charge in [0.15, 0.2) is 0 Å². The van der Waals surface area contributed by atoms with Gasteiger partial charge in [0.1, 0.15) is 0 Å². The molecule has 1 aliphatic rings. The van der Waals surface area contributed by atoms with Crippen LogP contribution in [-0.2, 0) is 0 Å². The maximum atomic E-state index is 3.62. The van der Waals surface area contributed by atoms with Crippen LogP contribution in [0.15, 0.2) is 12.8 Å². The zero-order valence-electron chi connectivity index (χ0n) is 6.80. The standard InChI is InChI=1S/C8H16N2/c1-4-9-8-5-10(6-8)7(2)3/h4,7-9H,1,5-6H2,2-3H3. The average molecular weight is 140 g/mol. The minimum Gasteiger partial charge on any atom is -0.386 e. The molecule has 0 spiro atoms. The molecule has 0 unspecified atom stereocenters. The highest BCUT2D eigenvalue weighted by Gasteiger charge is 2.26. The first-order valence-electron chi connectivity index (χ1n) is 3.85. The Bertz CT molecular complexity index is 114. The third-order valence-corrected chi connectivity index (χ3v) is 1.99. The summed E-state index contributed by atoms with van der Waals surface area (Å²) in [6, 6.07) is 1.35. The van der Waals surface area contributed by atoms with Crippen molar-refractivity contribution in [2.24, 2.45) is 0 Å². The quantitative estimate of drug-likeness (QED) is 0.624. The summed E-state index contributed by atoms with van der Waals surface area (Å²) in [4.78, 5) is 2.43. The zero-order chi connectivity index (χ0) is 7.56. The summed E-state index contributed by atoms with van der Waals surface area (Å²) in [6.07, 6.45) is 1.78.